The van der Waals surface area contributed by atoms with Crippen molar-refractivity contribution in [1.82, 2.24) is 19.7 Å². The van der Waals surface area contributed by atoms with Gasteiger partial charge < -0.3 is 19.1 Å². The molecule has 8 heteroatoms. The molecule has 8 nitrogen and oxygen atoms in total. The van der Waals surface area contributed by atoms with E-state index in [1.165, 1.54) is 0 Å². The van der Waals surface area contributed by atoms with Crippen molar-refractivity contribution in [3.05, 3.63) is 58.4 Å². The molecule has 0 aromatic carbocycles. The van der Waals surface area contributed by atoms with E-state index in [-0.39, 0.29) is 30.0 Å². The summed E-state index contributed by atoms with van der Waals surface area (Å²) in [6.07, 6.45) is 2.72. The van der Waals surface area contributed by atoms with Crippen LogP contribution in [0.5, 0.6) is 0 Å². The van der Waals surface area contributed by atoms with Gasteiger partial charge in [0, 0.05) is 42.9 Å². The third kappa shape index (κ3) is 2.72. The molecule has 0 amide bonds. The minimum Gasteiger partial charge on any atom is -0.394 e. The second-order valence-electron chi connectivity index (χ2n) is 7.56. The highest BCUT2D eigenvalue weighted by molar-refractivity contribution is 5.55. The van der Waals surface area contributed by atoms with Gasteiger partial charge in [-0.25, -0.2) is 4.98 Å². The van der Waals surface area contributed by atoms with E-state index < -0.39 is 0 Å². The number of hydrogen-bond acceptors (Lipinski definition) is 7. The molecule has 2 aliphatic heterocycles. The molecule has 0 saturated carbocycles. The lowest BCUT2D eigenvalue weighted by Crippen LogP contribution is -2.50. The second-order valence-corrected chi connectivity index (χ2v) is 7.56. The normalized spacial score (nSPS) is 23.5. The molecule has 0 unspecified atom stereocenters. The molecule has 1 saturated heterocycles. The van der Waals surface area contributed by atoms with Crippen molar-refractivity contribution >= 4 is 5.82 Å². The number of aromatic nitrogens is 4. The predicted octanol–water partition coefficient (Wildman–Crippen LogP) is 1.76. The molecule has 5 heterocycles. The first-order chi connectivity index (χ1) is 13.6. The van der Waals surface area contributed by atoms with Crippen LogP contribution < -0.4 is 10.5 Å². The maximum atomic E-state index is 12.4. The Bertz CT molecular complexity index is 1060. The van der Waals surface area contributed by atoms with Gasteiger partial charge in [-0.05, 0) is 31.5 Å². The van der Waals surface area contributed by atoms with E-state index in [0.29, 0.717) is 11.7 Å². The third-order valence-electron chi connectivity index (χ3n) is 5.83. The fraction of sp³-hybridized carbons (Fsp3) is 0.400. The molecule has 28 heavy (non-hydrogen) atoms. The van der Waals surface area contributed by atoms with Crippen LogP contribution in [0.25, 0.3) is 11.5 Å². The molecule has 3 atom stereocenters. The summed E-state index contributed by atoms with van der Waals surface area (Å²) in [5.41, 5.74) is 1.76. The molecule has 1 N–H and O–H groups in total. The monoisotopic (exact) mass is 379 g/mol. The Morgan fingerprint density at radius 3 is 2.86 bits per heavy atom. The zero-order chi connectivity index (χ0) is 19.3. The van der Waals surface area contributed by atoms with Gasteiger partial charge in [0.25, 0.3) is 11.4 Å². The average molecular weight is 379 g/mol. The Morgan fingerprint density at radius 2 is 2.14 bits per heavy atom. The summed E-state index contributed by atoms with van der Waals surface area (Å²) in [4.78, 5) is 23.5. The van der Waals surface area contributed by atoms with Gasteiger partial charge in [0.05, 0.1) is 18.2 Å². The number of aryl methyl sites for hydroxylation is 1. The zero-order valence-corrected chi connectivity index (χ0v) is 15.5. The summed E-state index contributed by atoms with van der Waals surface area (Å²) in [7, 11) is 0. The zero-order valence-electron chi connectivity index (χ0n) is 15.5. The van der Waals surface area contributed by atoms with Crippen LogP contribution in [0.4, 0.5) is 5.82 Å². The van der Waals surface area contributed by atoms with Crippen LogP contribution in [0.3, 0.4) is 0 Å². The summed E-state index contributed by atoms with van der Waals surface area (Å²) in [5, 5.41) is 13.8. The van der Waals surface area contributed by atoms with Crippen LogP contribution in [0.2, 0.25) is 0 Å². The van der Waals surface area contributed by atoms with E-state index in [2.05, 4.69) is 20.0 Å². The summed E-state index contributed by atoms with van der Waals surface area (Å²) < 4.78 is 7.00. The van der Waals surface area contributed by atoms with Crippen LogP contribution in [0.1, 0.15) is 29.9 Å². The number of piperidine rings is 1. The van der Waals surface area contributed by atoms with Gasteiger partial charge in [-0.1, -0.05) is 11.2 Å². The third-order valence-corrected chi connectivity index (χ3v) is 5.83. The summed E-state index contributed by atoms with van der Waals surface area (Å²) in [6.45, 7) is 3.30. The minimum absolute atomic E-state index is 0.0305. The minimum atomic E-state index is -0.191. The summed E-state index contributed by atoms with van der Waals surface area (Å²) in [5.74, 6) is 2.37. The number of rotatable bonds is 3. The smallest absolute Gasteiger partial charge is 0.259 e. The Morgan fingerprint density at radius 1 is 1.25 bits per heavy atom. The Balaban J connectivity index is 1.45. The average Bonchev–Trinajstić information content (AvgIpc) is 3.15. The molecular weight excluding hydrogens is 358 g/mol. The van der Waals surface area contributed by atoms with E-state index in [1.807, 2.05) is 18.2 Å². The number of aliphatic hydroxyl groups excluding tert-OH is 1. The quantitative estimate of drug-likeness (QED) is 0.740. The van der Waals surface area contributed by atoms with Crippen LogP contribution in [0.15, 0.2) is 45.8 Å². The highest BCUT2D eigenvalue weighted by atomic mass is 16.5. The van der Waals surface area contributed by atoms with E-state index in [9.17, 15) is 9.90 Å². The van der Waals surface area contributed by atoms with Crippen molar-refractivity contribution in [2.75, 3.05) is 24.6 Å². The first-order valence-corrected chi connectivity index (χ1v) is 9.48. The van der Waals surface area contributed by atoms with E-state index >= 15 is 0 Å². The van der Waals surface area contributed by atoms with Crippen molar-refractivity contribution in [1.29, 1.82) is 0 Å². The Hall–Kier alpha value is -3.00. The number of anilines is 1. The molecule has 144 valence electrons. The first-order valence-electron chi connectivity index (χ1n) is 9.48. The van der Waals surface area contributed by atoms with Crippen molar-refractivity contribution in [2.45, 2.75) is 25.3 Å². The van der Waals surface area contributed by atoms with Gasteiger partial charge in [0.2, 0.25) is 0 Å². The topological polar surface area (TPSA) is 97.3 Å². The van der Waals surface area contributed by atoms with Gasteiger partial charge in [-0.15, -0.1) is 0 Å². The SMILES string of the molecule is Cc1noc(-c2ccc(N3C[C@H]4C[C@@H](C3)[C@H](CO)n3c4cccc3=O)nc2)n1. The molecule has 1 fully saturated rings. The Kier molecular flexibility index (Phi) is 4.01. The van der Waals surface area contributed by atoms with Crippen molar-refractivity contribution in [2.24, 2.45) is 5.92 Å². The van der Waals surface area contributed by atoms with Crippen molar-refractivity contribution in [3.63, 3.8) is 0 Å². The molecule has 3 aromatic rings. The fourth-order valence-corrected chi connectivity index (χ4v) is 4.58. The molecule has 5 rings (SSSR count). The number of pyridine rings is 2. The summed E-state index contributed by atoms with van der Waals surface area (Å²) >= 11 is 0. The fourth-order valence-electron chi connectivity index (χ4n) is 4.58. The maximum absolute atomic E-state index is 12.4. The lowest BCUT2D eigenvalue weighted by molar-refractivity contribution is 0.132. The second kappa shape index (κ2) is 6.56. The van der Waals surface area contributed by atoms with Gasteiger partial charge in [-0.3, -0.25) is 4.79 Å². The van der Waals surface area contributed by atoms with Crippen LogP contribution >= 0.6 is 0 Å². The van der Waals surface area contributed by atoms with E-state index in [4.69, 9.17) is 4.52 Å². The number of hydrogen-bond donors (Lipinski definition) is 1. The van der Waals surface area contributed by atoms with Crippen LogP contribution in [0, 0.1) is 12.8 Å². The van der Waals surface area contributed by atoms with E-state index in [1.54, 1.807) is 29.8 Å². The van der Waals surface area contributed by atoms with Crippen LogP contribution in [-0.4, -0.2) is 44.5 Å². The van der Waals surface area contributed by atoms with Gasteiger partial charge in [-0.2, -0.15) is 4.98 Å². The maximum Gasteiger partial charge on any atom is 0.259 e. The molecule has 0 aliphatic carbocycles. The summed E-state index contributed by atoms with van der Waals surface area (Å²) in [6, 6.07) is 9.08. The van der Waals surface area contributed by atoms with Gasteiger partial charge >= 0.3 is 0 Å². The molecule has 2 aliphatic rings. The van der Waals surface area contributed by atoms with Gasteiger partial charge in [0.15, 0.2) is 5.82 Å². The van der Waals surface area contributed by atoms with Crippen LogP contribution in [-0.2, 0) is 0 Å². The Labute approximate surface area is 161 Å². The lowest BCUT2D eigenvalue weighted by Gasteiger charge is -2.46. The molecule has 2 bridgehead atoms. The number of fused-ring (bicyclic) bond motifs is 4. The van der Waals surface area contributed by atoms with E-state index in [0.717, 1.165) is 36.6 Å². The largest absolute Gasteiger partial charge is 0.394 e. The standard InChI is InChI=1S/C20H21N5O3/c1-12-22-20(28-23-12)13-5-6-18(21-8-13)24-9-14-7-15(10-24)17(11-26)25-16(14)3-2-4-19(25)27/h2-6,8,14-15,17,26H,7,9-11H2,1H3/t14-,15+,17+/m1/s1. The molecule has 0 spiro atoms. The predicted molar refractivity (Wildman–Crippen MR) is 102 cm³/mol. The highest BCUT2D eigenvalue weighted by Crippen LogP contribution is 2.41. The number of nitrogens with zero attached hydrogens (tertiary/aromatic N) is 5. The molecular formula is C20H21N5O3. The van der Waals surface area contributed by atoms with Gasteiger partial charge in [0.1, 0.15) is 5.82 Å². The first kappa shape index (κ1) is 17.1. The highest BCUT2D eigenvalue weighted by Gasteiger charge is 2.40. The molecule has 0 radical (unpaired) electrons. The lowest BCUT2D eigenvalue weighted by atomic mass is 9.78. The molecule has 3 aromatic heterocycles. The van der Waals surface area contributed by atoms with Crippen molar-refractivity contribution < 1.29 is 9.63 Å². The number of aliphatic hydroxyl groups is 1. The van der Waals surface area contributed by atoms with Crippen molar-refractivity contribution in [3.8, 4) is 11.5 Å².